The number of carbonyl (C=O) groups is 1. The molecule has 1 aromatic rings. The summed E-state index contributed by atoms with van der Waals surface area (Å²) < 4.78 is 0. The Kier molecular flexibility index (Phi) is 18.5. The Balaban J connectivity index is -0.000000239. The van der Waals surface area contributed by atoms with E-state index in [0.717, 1.165) is 13.4 Å². The van der Waals surface area contributed by atoms with Crippen molar-refractivity contribution in [3.63, 3.8) is 0 Å². The molecule has 1 aromatic carbocycles. The number of aliphatic hydroxyl groups excluding tert-OH is 1. The van der Waals surface area contributed by atoms with Crippen molar-refractivity contribution in [1.82, 2.24) is 0 Å². The fourth-order valence-corrected chi connectivity index (χ4v) is 0.938. The van der Waals surface area contributed by atoms with Gasteiger partial charge in [-0.1, -0.05) is 65.0 Å². The molecule has 2 heteroatoms. The molecule has 0 aliphatic carbocycles. The van der Waals surface area contributed by atoms with Crippen LogP contribution in [0.3, 0.4) is 0 Å². The fraction of sp³-hybridized carbons (Fsp3) is 0.533. The van der Waals surface area contributed by atoms with Gasteiger partial charge in [-0.2, -0.15) is 0 Å². The average molecular weight is 240 g/mol. The van der Waals surface area contributed by atoms with Gasteiger partial charge in [0, 0.05) is 7.11 Å². The molecule has 0 saturated carbocycles. The van der Waals surface area contributed by atoms with Gasteiger partial charge in [0.05, 0.1) is 0 Å². The predicted octanol–water partition coefficient (Wildman–Crippen LogP) is 3.82. The molecule has 0 spiro atoms. The Morgan fingerprint density at radius 1 is 1.00 bits per heavy atom. The lowest BCUT2D eigenvalue weighted by atomic mass is 9.87. The molecule has 0 radical (unpaired) electrons. The van der Waals surface area contributed by atoms with Crippen LogP contribution in [0.25, 0.3) is 0 Å². The summed E-state index contributed by atoms with van der Waals surface area (Å²) in [6.45, 7) is 12.1. The lowest BCUT2D eigenvalue weighted by Gasteiger charge is -2.18. The molecule has 2 nitrogen and oxygen atoms in total. The number of benzene rings is 1. The Morgan fingerprint density at radius 2 is 1.29 bits per heavy atom. The highest BCUT2D eigenvalue weighted by Gasteiger charge is 2.11. The van der Waals surface area contributed by atoms with Gasteiger partial charge in [-0.25, -0.2) is 0 Å². The van der Waals surface area contributed by atoms with Gasteiger partial charge in [-0.05, 0) is 17.9 Å². The van der Waals surface area contributed by atoms with Crippen LogP contribution in [0.2, 0.25) is 0 Å². The third kappa shape index (κ3) is 14.8. The number of aliphatic hydroxyl groups is 1. The summed E-state index contributed by atoms with van der Waals surface area (Å²) in [6, 6.07) is 10.6. The van der Waals surface area contributed by atoms with Crippen LogP contribution in [0.1, 0.15) is 47.1 Å². The van der Waals surface area contributed by atoms with Gasteiger partial charge in [-0.3, -0.25) is 0 Å². The van der Waals surface area contributed by atoms with Crippen molar-refractivity contribution in [3.05, 3.63) is 35.9 Å². The van der Waals surface area contributed by atoms with E-state index >= 15 is 0 Å². The van der Waals surface area contributed by atoms with E-state index in [1.807, 2.05) is 13.8 Å². The van der Waals surface area contributed by atoms with Crippen LogP contribution in [-0.4, -0.2) is 18.5 Å². The minimum absolute atomic E-state index is 0.293. The molecule has 1 N–H and O–H groups in total. The highest BCUT2D eigenvalue weighted by atomic mass is 16.2. The van der Waals surface area contributed by atoms with Crippen LogP contribution in [-0.2, 0) is 10.2 Å². The first-order valence-corrected chi connectivity index (χ1v) is 5.92. The molecule has 0 bridgehead atoms. The van der Waals surface area contributed by atoms with Crippen molar-refractivity contribution in [2.45, 2.75) is 47.0 Å². The summed E-state index contributed by atoms with van der Waals surface area (Å²) in [5.41, 5.74) is 1.69. The maximum Gasteiger partial charge on any atom is 0.116 e. The van der Waals surface area contributed by atoms with Gasteiger partial charge < -0.3 is 9.90 Å². The minimum Gasteiger partial charge on any atom is -0.400 e. The summed E-state index contributed by atoms with van der Waals surface area (Å²) in [5.74, 6) is 0. The van der Waals surface area contributed by atoms with Gasteiger partial charge in [-0.15, -0.1) is 0 Å². The molecule has 0 unspecified atom stereocenters. The van der Waals surface area contributed by atoms with Crippen molar-refractivity contribution >= 4 is 6.29 Å². The maximum atomic E-state index is 8.81. The lowest BCUT2D eigenvalue weighted by Crippen LogP contribution is -2.10. The molecule has 0 atom stereocenters. The van der Waals surface area contributed by atoms with E-state index < -0.39 is 0 Å². The zero-order chi connectivity index (χ0) is 14.3. The summed E-state index contributed by atoms with van der Waals surface area (Å²) in [7, 11) is 1.00. The molecule has 100 valence electrons. The molecule has 0 aromatic heterocycles. The van der Waals surface area contributed by atoms with Gasteiger partial charge in [0.25, 0.3) is 0 Å². The van der Waals surface area contributed by atoms with Gasteiger partial charge >= 0.3 is 0 Å². The normalized spacial score (nSPS) is 8.24. The van der Waals surface area contributed by atoms with Gasteiger partial charge in [0.2, 0.25) is 0 Å². The molecule has 1 rings (SSSR count). The fourth-order valence-electron chi connectivity index (χ4n) is 0.938. The average Bonchev–Trinajstić information content (AvgIpc) is 2.35. The molecule has 0 amide bonds. The SMILES string of the molecule is CC.CC(C)(C)c1ccccc1.CC=O.CO. The molecule has 0 aliphatic rings. The second-order valence-electron chi connectivity index (χ2n) is 3.85. The van der Waals surface area contributed by atoms with E-state index in [-0.39, 0.29) is 0 Å². The van der Waals surface area contributed by atoms with Crippen molar-refractivity contribution in [3.8, 4) is 0 Å². The van der Waals surface area contributed by atoms with E-state index in [4.69, 9.17) is 9.90 Å². The second-order valence-corrected chi connectivity index (χ2v) is 3.85. The van der Waals surface area contributed by atoms with Gasteiger partial charge in [0.1, 0.15) is 6.29 Å². The van der Waals surface area contributed by atoms with Crippen LogP contribution >= 0.6 is 0 Å². The largest absolute Gasteiger partial charge is 0.400 e. The smallest absolute Gasteiger partial charge is 0.116 e. The molecular formula is C15H28O2. The Morgan fingerprint density at radius 3 is 1.47 bits per heavy atom. The summed E-state index contributed by atoms with van der Waals surface area (Å²) in [6.07, 6.45) is 0.750. The Hall–Kier alpha value is -1.15. The monoisotopic (exact) mass is 240 g/mol. The molecule has 0 heterocycles. The van der Waals surface area contributed by atoms with Crippen molar-refractivity contribution in [2.24, 2.45) is 0 Å². The van der Waals surface area contributed by atoms with Crippen molar-refractivity contribution in [1.29, 1.82) is 0 Å². The maximum absolute atomic E-state index is 8.81. The number of hydrogen-bond acceptors (Lipinski definition) is 2. The lowest BCUT2D eigenvalue weighted by molar-refractivity contribution is -0.106. The number of hydrogen-bond donors (Lipinski definition) is 1. The quantitative estimate of drug-likeness (QED) is 0.700. The van der Waals surface area contributed by atoms with E-state index in [1.165, 1.54) is 12.5 Å². The molecular weight excluding hydrogens is 212 g/mol. The van der Waals surface area contributed by atoms with Crippen molar-refractivity contribution < 1.29 is 9.90 Å². The molecule has 0 saturated heterocycles. The first-order valence-electron chi connectivity index (χ1n) is 5.92. The third-order valence-corrected chi connectivity index (χ3v) is 1.64. The van der Waals surface area contributed by atoms with Gasteiger partial charge in [0.15, 0.2) is 0 Å². The molecule has 0 aliphatic heterocycles. The zero-order valence-corrected chi connectivity index (χ0v) is 12.3. The standard InChI is InChI=1S/C10H14.C2H4O.C2H6.CH4O/c1-10(2,3)9-7-5-4-6-8-9;1-2-3;2*1-2/h4-8H,1-3H3;2H,1H3;1-2H3;2H,1H3. The molecule has 17 heavy (non-hydrogen) atoms. The Bertz CT molecular complexity index is 235. The van der Waals surface area contributed by atoms with E-state index in [1.54, 1.807) is 0 Å². The highest BCUT2D eigenvalue weighted by Crippen LogP contribution is 2.20. The first kappa shape index (κ1) is 21.2. The molecule has 0 fully saturated rings. The third-order valence-electron chi connectivity index (χ3n) is 1.64. The Labute approximate surface area is 107 Å². The zero-order valence-electron chi connectivity index (χ0n) is 12.3. The second kappa shape index (κ2) is 14.8. The van der Waals surface area contributed by atoms with Crippen LogP contribution in [0, 0.1) is 0 Å². The van der Waals surface area contributed by atoms with Crippen molar-refractivity contribution in [2.75, 3.05) is 7.11 Å². The van der Waals surface area contributed by atoms with Crippen LogP contribution in [0.15, 0.2) is 30.3 Å². The predicted molar refractivity (Wildman–Crippen MR) is 76.4 cm³/mol. The van der Waals surface area contributed by atoms with E-state index in [0.29, 0.717) is 5.41 Å². The van der Waals surface area contributed by atoms with E-state index in [2.05, 4.69) is 51.1 Å². The highest BCUT2D eigenvalue weighted by molar-refractivity contribution is 5.44. The van der Waals surface area contributed by atoms with Crippen LogP contribution in [0.4, 0.5) is 0 Å². The topological polar surface area (TPSA) is 37.3 Å². The number of rotatable bonds is 0. The summed E-state index contributed by atoms with van der Waals surface area (Å²) >= 11 is 0. The summed E-state index contributed by atoms with van der Waals surface area (Å²) in [5, 5.41) is 7.00. The van der Waals surface area contributed by atoms with Crippen LogP contribution in [0.5, 0.6) is 0 Å². The van der Waals surface area contributed by atoms with Crippen LogP contribution < -0.4 is 0 Å². The first-order chi connectivity index (χ1) is 8.02. The summed E-state index contributed by atoms with van der Waals surface area (Å²) in [4.78, 5) is 8.81. The van der Waals surface area contributed by atoms with E-state index in [9.17, 15) is 0 Å². The number of aldehydes is 1. The minimum atomic E-state index is 0.293. The number of carbonyl (C=O) groups excluding carboxylic acids is 1.